The first-order chi connectivity index (χ1) is 10.4. The molecule has 0 aliphatic heterocycles. The van der Waals surface area contributed by atoms with E-state index in [-0.39, 0.29) is 37.7 Å². The zero-order valence-electron chi connectivity index (χ0n) is 12.6. The molecule has 0 radical (unpaired) electrons. The lowest BCUT2D eigenvalue weighted by Gasteiger charge is -2.21. The van der Waals surface area contributed by atoms with Crippen LogP contribution in [0.5, 0.6) is 0 Å². The lowest BCUT2D eigenvalue weighted by molar-refractivity contribution is -0.384. The predicted molar refractivity (Wildman–Crippen MR) is 81.0 cm³/mol. The van der Waals surface area contributed by atoms with Crippen LogP contribution in [0.4, 0.5) is 5.69 Å². The monoisotopic (exact) mass is 332 g/mol. The van der Waals surface area contributed by atoms with Crippen molar-refractivity contribution in [2.75, 3.05) is 40.5 Å². The summed E-state index contributed by atoms with van der Waals surface area (Å²) in [6.07, 6.45) is 0. The van der Waals surface area contributed by atoms with Crippen LogP contribution in [0.2, 0.25) is 0 Å². The van der Waals surface area contributed by atoms with Crippen LogP contribution < -0.4 is 0 Å². The zero-order chi connectivity index (χ0) is 16.6. The number of hydrogen-bond acceptors (Lipinski definition) is 6. The fourth-order valence-corrected chi connectivity index (χ4v) is 3.29. The number of hydrogen-bond donors (Lipinski definition) is 0. The lowest BCUT2D eigenvalue weighted by atomic mass is 10.2. The molecule has 22 heavy (non-hydrogen) atoms. The van der Waals surface area contributed by atoms with Gasteiger partial charge in [-0.1, -0.05) is 12.1 Å². The number of sulfonamides is 1. The summed E-state index contributed by atoms with van der Waals surface area (Å²) in [5.41, 5.74) is 0.419. The normalized spacial score (nSPS) is 11.8. The quantitative estimate of drug-likeness (QED) is 0.468. The van der Waals surface area contributed by atoms with Crippen molar-refractivity contribution in [1.29, 1.82) is 0 Å². The van der Waals surface area contributed by atoms with Crippen molar-refractivity contribution in [2.24, 2.45) is 0 Å². The summed E-state index contributed by atoms with van der Waals surface area (Å²) in [4.78, 5) is 10.1. The van der Waals surface area contributed by atoms with Crippen LogP contribution in [-0.2, 0) is 25.2 Å². The minimum absolute atomic E-state index is 0.0724. The van der Waals surface area contributed by atoms with Crippen molar-refractivity contribution in [3.63, 3.8) is 0 Å². The molecule has 0 aliphatic rings. The predicted octanol–water partition coefficient (Wildman–Crippen LogP) is 1.02. The van der Waals surface area contributed by atoms with Crippen molar-refractivity contribution >= 4 is 15.7 Å². The smallest absolute Gasteiger partial charge is 0.269 e. The molecular weight excluding hydrogens is 312 g/mol. The molecule has 0 atom stereocenters. The minimum Gasteiger partial charge on any atom is -0.383 e. The van der Waals surface area contributed by atoms with Crippen LogP contribution in [0.25, 0.3) is 0 Å². The van der Waals surface area contributed by atoms with Crippen molar-refractivity contribution in [3.05, 3.63) is 39.9 Å². The first-order valence-electron chi connectivity index (χ1n) is 6.59. The number of non-ortho nitro benzene ring substituents is 1. The number of rotatable bonds is 10. The van der Waals surface area contributed by atoms with Crippen LogP contribution in [-0.4, -0.2) is 58.2 Å². The fraction of sp³-hybridized carbons (Fsp3) is 0.538. The summed E-state index contributed by atoms with van der Waals surface area (Å²) >= 11 is 0. The van der Waals surface area contributed by atoms with Gasteiger partial charge in [-0.2, -0.15) is 4.31 Å². The average Bonchev–Trinajstić information content (AvgIpc) is 2.47. The summed E-state index contributed by atoms with van der Waals surface area (Å²) in [6, 6.07) is 5.47. The van der Waals surface area contributed by atoms with Crippen LogP contribution in [0.3, 0.4) is 0 Å². The second kappa shape index (κ2) is 8.79. The van der Waals surface area contributed by atoms with Gasteiger partial charge in [0.15, 0.2) is 0 Å². The molecule has 9 heteroatoms. The van der Waals surface area contributed by atoms with Crippen molar-refractivity contribution in [3.8, 4) is 0 Å². The summed E-state index contributed by atoms with van der Waals surface area (Å²) in [6.45, 7) is 1.02. The van der Waals surface area contributed by atoms with Gasteiger partial charge in [0, 0.05) is 39.4 Å². The Morgan fingerprint density at radius 1 is 1.09 bits per heavy atom. The lowest BCUT2D eigenvalue weighted by Crippen LogP contribution is -2.37. The van der Waals surface area contributed by atoms with Gasteiger partial charge in [-0.25, -0.2) is 8.42 Å². The van der Waals surface area contributed by atoms with Gasteiger partial charge >= 0.3 is 0 Å². The SMILES string of the molecule is COCCN(CCOC)S(=O)(=O)Cc1ccc([N+](=O)[O-])cc1. The van der Waals surface area contributed by atoms with Crippen LogP contribution in [0, 0.1) is 10.1 Å². The van der Waals surface area contributed by atoms with Gasteiger partial charge < -0.3 is 9.47 Å². The summed E-state index contributed by atoms with van der Waals surface area (Å²) in [7, 11) is -0.555. The average molecular weight is 332 g/mol. The van der Waals surface area contributed by atoms with Gasteiger partial charge in [-0.05, 0) is 5.56 Å². The van der Waals surface area contributed by atoms with E-state index in [0.29, 0.717) is 5.56 Å². The number of nitro benzene ring substituents is 1. The third-order valence-corrected chi connectivity index (χ3v) is 4.83. The molecular formula is C13H20N2O6S. The molecule has 0 bridgehead atoms. The number of nitro groups is 1. The second-order valence-electron chi connectivity index (χ2n) is 4.56. The molecule has 0 unspecified atom stereocenters. The largest absolute Gasteiger partial charge is 0.383 e. The Morgan fingerprint density at radius 2 is 1.59 bits per heavy atom. The second-order valence-corrected chi connectivity index (χ2v) is 6.53. The van der Waals surface area contributed by atoms with Gasteiger partial charge in [0.05, 0.1) is 23.9 Å². The number of benzene rings is 1. The highest BCUT2D eigenvalue weighted by Crippen LogP contribution is 2.15. The van der Waals surface area contributed by atoms with Crippen LogP contribution in [0.15, 0.2) is 24.3 Å². The molecule has 0 saturated heterocycles. The highest BCUT2D eigenvalue weighted by Gasteiger charge is 2.22. The highest BCUT2D eigenvalue weighted by atomic mass is 32.2. The number of ether oxygens (including phenoxy) is 2. The molecule has 0 spiro atoms. The maximum Gasteiger partial charge on any atom is 0.269 e. The van der Waals surface area contributed by atoms with Crippen molar-refractivity contribution < 1.29 is 22.8 Å². The zero-order valence-corrected chi connectivity index (χ0v) is 13.4. The van der Waals surface area contributed by atoms with Crippen LogP contribution >= 0.6 is 0 Å². The molecule has 8 nitrogen and oxygen atoms in total. The Labute approximate surface area is 129 Å². The number of methoxy groups -OCH3 is 2. The van der Waals surface area contributed by atoms with Gasteiger partial charge in [-0.3, -0.25) is 10.1 Å². The van der Waals surface area contributed by atoms with E-state index in [9.17, 15) is 18.5 Å². The fourth-order valence-electron chi connectivity index (χ4n) is 1.79. The molecule has 0 heterocycles. The van der Waals surface area contributed by atoms with E-state index >= 15 is 0 Å². The summed E-state index contributed by atoms with van der Waals surface area (Å²) < 4.78 is 36.0. The standard InChI is InChI=1S/C13H20N2O6S/c1-20-9-7-14(8-10-21-2)22(18,19)11-12-3-5-13(6-4-12)15(16)17/h3-6H,7-11H2,1-2H3. The molecule has 1 rings (SSSR count). The first kappa shape index (κ1) is 18.5. The Morgan fingerprint density at radius 3 is 2.00 bits per heavy atom. The molecule has 0 fully saturated rings. The molecule has 0 amide bonds. The Kier molecular flexibility index (Phi) is 7.39. The topological polar surface area (TPSA) is 99.0 Å². The first-order valence-corrected chi connectivity index (χ1v) is 8.20. The van der Waals surface area contributed by atoms with Crippen molar-refractivity contribution in [2.45, 2.75) is 5.75 Å². The third kappa shape index (κ3) is 5.68. The maximum atomic E-state index is 12.4. The molecule has 1 aromatic carbocycles. The Bertz CT molecular complexity index is 565. The molecule has 0 N–H and O–H groups in total. The summed E-state index contributed by atoms with van der Waals surface area (Å²) in [5, 5.41) is 10.6. The van der Waals surface area contributed by atoms with E-state index in [0.717, 1.165) is 0 Å². The third-order valence-electron chi connectivity index (χ3n) is 2.98. The van der Waals surface area contributed by atoms with Crippen LogP contribution in [0.1, 0.15) is 5.56 Å². The van der Waals surface area contributed by atoms with Gasteiger partial charge in [0.2, 0.25) is 10.0 Å². The van der Waals surface area contributed by atoms with E-state index in [1.165, 1.54) is 42.8 Å². The van der Waals surface area contributed by atoms with E-state index in [2.05, 4.69) is 0 Å². The maximum absolute atomic E-state index is 12.4. The Balaban J connectivity index is 2.82. The van der Waals surface area contributed by atoms with Gasteiger partial charge in [-0.15, -0.1) is 0 Å². The molecule has 1 aromatic rings. The minimum atomic E-state index is -3.55. The van der Waals surface area contributed by atoms with E-state index < -0.39 is 14.9 Å². The van der Waals surface area contributed by atoms with Crippen molar-refractivity contribution in [1.82, 2.24) is 4.31 Å². The molecule has 0 aromatic heterocycles. The van der Waals surface area contributed by atoms with E-state index in [4.69, 9.17) is 9.47 Å². The van der Waals surface area contributed by atoms with Gasteiger partial charge in [0.1, 0.15) is 0 Å². The number of nitrogens with zero attached hydrogens (tertiary/aromatic N) is 2. The van der Waals surface area contributed by atoms with E-state index in [1.807, 2.05) is 0 Å². The molecule has 0 saturated carbocycles. The Hall–Kier alpha value is -1.55. The van der Waals surface area contributed by atoms with E-state index in [1.54, 1.807) is 0 Å². The highest BCUT2D eigenvalue weighted by molar-refractivity contribution is 7.88. The molecule has 0 aliphatic carbocycles. The van der Waals surface area contributed by atoms with Gasteiger partial charge in [0.25, 0.3) is 5.69 Å². The summed E-state index contributed by atoms with van der Waals surface area (Å²) in [5.74, 6) is -0.224. The molecule has 124 valence electrons.